The Kier molecular flexibility index (Phi) is 9.15. The van der Waals surface area contributed by atoms with Gasteiger partial charge in [0.05, 0.1) is 6.10 Å². The molecular formula is C23H33ClN2O2. The van der Waals surface area contributed by atoms with Crippen LogP contribution in [0.2, 0.25) is 0 Å². The maximum Gasteiger partial charge on any atom is 0.251 e. The number of nitrogens with one attached hydrogen (secondary N) is 1. The molecule has 1 amide bonds. The highest BCUT2D eigenvalue weighted by Gasteiger charge is 2.24. The third-order valence-corrected chi connectivity index (χ3v) is 4.80. The van der Waals surface area contributed by atoms with Gasteiger partial charge in [-0.15, -0.1) is 12.4 Å². The zero-order valence-electron chi connectivity index (χ0n) is 17.5. The topological polar surface area (TPSA) is 52.6 Å². The van der Waals surface area contributed by atoms with E-state index in [0.717, 1.165) is 17.7 Å². The predicted molar refractivity (Wildman–Crippen MR) is 118 cm³/mol. The van der Waals surface area contributed by atoms with Crippen LogP contribution >= 0.6 is 12.4 Å². The van der Waals surface area contributed by atoms with Crippen LogP contribution in [0.3, 0.4) is 0 Å². The van der Waals surface area contributed by atoms with Crippen molar-refractivity contribution in [3.8, 4) is 0 Å². The SMILES string of the molecule is Cc1cccc(C)c1C(=O)NCC(O)CN(Cc1ccccc1)C(C)(C)C.Cl. The summed E-state index contributed by atoms with van der Waals surface area (Å²) in [5, 5.41) is 13.4. The number of rotatable bonds is 7. The number of benzene rings is 2. The molecule has 0 fully saturated rings. The first-order valence-corrected chi connectivity index (χ1v) is 9.50. The molecule has 0 saturated carbocycles. The highest BCUT2D eigenvalue weighted by atomic mass is 35.5. The second-order valence-corrected chi connectivity index (χ2v) is 8.17. The number of β-amino-alcohol motifs (C(OH)–C–C–N with tert-alkyl or cyclic N) is 1. The summed E-state index contributed by atoms with van der Waals surface area (Å²) >= 11 is 0. The monoisotopic (exact) mass is 404 g/mol. The summed E-state index contributed by atoms with van der Waals surface area (Å²) in [5.41, 5.74) is 3.71. The molecule has 0 saturated heterocycles. The molecule has 154 valence electrons. The molecule has 0 aromatic heterocycles. The number of halogens is 1. The van der Waals surface area contributed by atoms with Crippen molar-refractivity contribution >= 4 is 18.3 Å². The highest BCUT2D eigenvalue weighted by molar-refractivity contribution is 5.97. The summed E-state index contributed by atoms with van der Waals surface area (Å²) in [4.78, 5) is 14.8. The molecule has 0 heterocycles. The number of aliphatic hydroxyl groups is 1. The lowest BCUT2D eigenvalue weighted by Gasteiger charge is -2.37. The van der Waals surface area contributed by atoms with Gasteiger partial charge in [-0.2, -0.15) is 0 Å². The molecule has 0 bridgehead atoms. The van der Waals surface area contributed by atoms with Crippen LogP contribution in [0.1, 0.15) is 47.8 Å². The fraction of sp³-hybridized carbons (Fsp3) is 0.435. The Morgan fingerprint density at radius 3 is 2.14 bits per heavy atom. The number of nitrogens with zero attached hydrogens (tertiary/aromatic N) is 1. The first-order valence-electron chi connectivity index (χ1n) is 9.50. The normalized spacial score (nSPS) is 12.4. The quantitative estimate of drug-likeness (QED) is 0.729. The van der Waals surface area contributed by atoms with Gasteiger partial charge >= 0.3 is 0 Å². The molecule has 28 heavy (non-hydrogen) atoms. The lowest BCUT2D eigenvalue weighted by Crippen LogP contribution is -2.47. The van der Waals surface area contributed by atoms with E-state index >= 15 is 0 Å². The van der Waals surface area contributed by atoms with Crippen LogP contribution in [0.15, 0.2) is 48.5 Å². The van der Waals surface area contributed by atoms with Crippen LogP contribution < -0.4 is 5.32 Å². The van der Waals surface area contributed by atoms with Crippen molar-refractivity contribution in [3.63, 3.8) is 0 Å². The van der Waals surface area contributed by atoms with Crippen LogP contribution in [0, 0.1) is 13.8 Å². The molecule has 0 aliphatic carbocycles. The van der Waals surface area contributed by atoms with Crippen LogP contribution in [-0.2, 0) is 6.54 Å². The van der Waals surface area contributed by atoms with Gasteiger partial charge in [0.15, 0.2) is 0 Å². The Bertz CT molecular complexity index is 737. The Hall–Kier alpha value is -1.88. The van der Waals surface area contributed by atoms with Crippen molar-refractivity contribution in [2.75, 3.05) is 13.1 Å². The molecule has 2 rings (SSSR count). The Morgan fingerprint density at radius 1 is 1.04 bits per heavy atom. The molecule has 2 N–H and O–H groups in total. The first kappa shape index (κ1) is 24.2. The highest BCUT2D eigenvalue weighted by Crippen LogP contribution is 2.18. The number of hydrogen-bond donors (Lipinski definition) is 2. The van der Waals surface area contributed by atoms with Crippen molar-refractivity contribution in [1.29, 1.82) is 0 Å². The molecule has 2 aromatic carbocycles. The van der Waals surface area contributed by atoms with Crippen molar-refractivity contribution in [2.45, 2.75) is 52.8 Å². The second-order valence-electron chi connectivity index (χ2n) is 8.17. The minimum atomic E-state index is -0.638. The summed E-state index contributed by atoms with van der Waals surface area (Å²) in [6, 6.07) is 16.0. The van der Waals surface area contributed by atoms with Gasteiger partial charge in [-0.25, -0.2) is 0 Å². The molecule has 1 unspecified atom stereocenters. The summed E-state index contributed by atoms with van der Waals surface area (Å²) in [6.45, 7) is 11.7. The number of hydrogen-bond acceptors (Lipinski definition) is 3. The molecule has 1 atom stereocenters. The van der Waals surface area contributed by atoms with Crippen LogP contribution in [0.4, 0.5) is 0 Å². The first-order chi connectivity index (χ1) is 12.7. The zero-order chi connectivity index (χ0) is 20.0. The van der Waals surface area contributed by atoms with Gasteiger partial charge in [0, 0.05) is 30.7 Å². The maximum absolute atomic E-state index is 12.5. The minimum absolute atomic E-state index is 0. The number of aryl methyl sites for hydroxylation is 2. The number of amides is 1. The van der Waals surface area contributed by atoms with E-state index in [0.29, 0.717) is 12.1 Å². The van der Waals surface area contributed by atoms with Crippen LogP contribution in [-0.4, -0.2) is 40.6 Å². The van der Waals surface area contributed by atoms with E-state index in [4.69, 9.17) is 0 Å². The number of aliphatic hydroxyl groups excluding tert-OH is 1. The smallest absolute Gasteiger partial charge is 0.251 e. The third-order valence-electron chi connectivity index (χ3n) is 4.80. The summed E-state index contributed by atoms with van der Waals surface area (Å²) in [5.74, 6) is -0.130. The molecule has 0 aliphatic heterocycles. The summed E-state index contributed by atoms with van der Waals surface area (Å²) < 4.78 is 0. The van der Waals surface area contributed by atoms with Gasteiger partial charge in [0.2, 0.25) is 0 Å². The third kappa shape index (κ3) is 6.93. The molecule has 2 aromatic rings. The number of carbonyl (C=O) groups excluding carboxylic acids is 1. The maximum atomic E-state index is 12.5. The van der Waals surface area contributed by atoms with E-state index in [1.807, 2.05) is 50.2 Å². The van der Waals surface area contributed by atoms with Gasteiger partial charge in [-0.1, -0.05) is 48.5 Å². The average molecular weight is 405 g/mol. The van der Waals surface area contributed by atoms with Crippen LogP contribution in [0.5, 0.6) is 0 Å². The average Bonchev–Trinajstić information content (AvgIpc) is 2.59. The Labute approximate surface area is 175 Å². The fourth-order valence-electron chi connectivity index (χ4n) is 3.17. The number of carbonyl (C=O) groups is 1. The van der Waals surface area contributed by atoms with E-state index in [1.54, 1.807) is 0 Å². The molecule has 0 radical (unpaired) electrons. The second kappa shape index (κ2) is 10.6. The molecule has 0 aliphatic rings. The van der Waals surface area contributed by atoms with E-state index in [1.165, 1.54) is 5.56 Å². The van der Waals surface area contributed by atoms with Gasteiger partial charge in [-0.05, 0) is 51.3 Å². The van der Waals surface area contributed by atoms with E-state index in [-0.39, 0.29) is 30.4 Å². The van der Waals surface area contributed by atoms with E-state index in [2.05, 4.69) is 43.1 Å². The Morgan fingerprint density at radius 2 is 1.61 bits per heavy atom. The summed E-state index contributed by atoms with van der Waals surface area (Å²) in [7, 11) is 0. The zero-order valence-corrected chi connectivity index (χ0v) is 18.3. The predicted octanol–water partition coefficient (Wildman–Crippen LogP) is 4.12. The van der Waals surface area contributed by atoms with E-state index < -0.39 is 6.10 Å². The lowest BCUT2D eigenvalue weighted by molar-refractivity contribution is 0.0512. The van der Waals surface area contributed by atoms with Gasteiger partial charge in [0.1, 0.15) is 0 Å². The lowest BCUT2D eigenvalue weighted by atomic mass is 10.0. The largest absolute Gasteiger partial charge is 0.390 e. The van der Waals surface area contributed by atoms with Crippen LogP contribution in [0.25, 0.3) is 0 Å². The van der Waals surface area contributed by atoms with Crippen molar-refractivity contribution in [2.24, 2.45) is 0 Å². The van der Waals surface area contributed by atoms with Gasteiger partial charge in [-0.3, -0.25) is 9.69 Å². The molecule has 0 spiro atoms. The summed E-state index contributed by atoms with van der Waals surface area (Å²) in [6.07, 6.45) is -0.638. The molecule has 4 nitrogen and oxygen atoms in total. The van der Waals surface area contributed by atoms with E-state index in [9.17, 15) is 9.90 Å². The van der Waals surface area contributed by atoms with Crippen molar-refractivity contribution in [1.82, 2.24) is 10.2 Å². The fourth-order valence-corrected chi connectivity index (χ4v) is 3.17. The molecular weight excluding hydrogens is 372 g/mol. The minimum Gasteiger partial charge on any atom is -0.390 e. The van der Waals surface area contributed by atoms with Crippen molar-refractivity contribution < 1.29 is 9.90 Å². The van der Waals surface area contributed by atoms with Gasteiger partial charge in [0.25, 0.3) is 5.91 Å². The standard InChI is InChI=1S/C23H32N2O2.ClH/c1-17-10-9-11-18(2)21(17)22(27)24-14-20(26)16-25(23(3,4)5)15-19-12-7-6-8-13-19;/h6-13,20,26H,14-16H2,1-5H3,(H,24,27);1H. The van der Waals surface area contributed by atoms with Crippen molar-refractivity contribution in [3.05, 3.63) is 70.8 Å². The molecule has 5 heteroatoms. The van der Waals surface area contributed by atoms with Gasteiger partial charge < -0.3 is 10.4 Å². The Balaban J connectivity index is 0.00000392.